The Kier molecular flexibility index (Phi) is 5.84. The molecule has 0 spiro atoms. The van der Waals surface area contributed by atoms with Gasteiger partial charge in [0, 0.05) is 12.1 Å². The summed E-state index contributed by atoms with van der Waals surface area (Å²) in [6, 6.07) is 3.66. The molecule has 24 heavy (non-hydrogen) atoms. The maximum absolute atomic E-state index is 12.3. The molecule has 0 heterocycles. The summed E-state index contributed by atoms with van der Waals surface area (Å²) in [5.41, 5.74) is 0.00733. The molecule has 0 atom stereocenters. The lowest BCUT2D eigenvalue weighted by atomic mass is 10.2. The molecule has 7 nitrogen and oxygen atoms in total. The van der Waals surface area contributed by atoms with E-state index in [1.165, 1.54) is 12.1 Å². The Morgan fingerprint density at radius 2 is 2.00 bits per heavy atom. The molecule has 0 aromatic heterocycles. The normalized spacial score (nSPS) is 14.5. The first kappa shape index (κ1) is 18.7. The molecule has 0 aliphatic heterocycles. The number of esters is 1. The second kappa shape index (κ2) is 7.50. The molecule has 0 bridgehead atoms. The predicted octanol–water partition coefficient (Wildman–Crippen LogP) is 1.46. The Labute approximate surface area is 145 Å². The maximum Gasteiger partial charge on any atom is 0.338 e. The number of ether oxygens (including phenoxy) is 1. The first-order chi connectivity index (χ1) is 11.2. The third kappa shape index (κ3) is 5.19. The van der Waals surface area contributed by atoms with Crippen LogP contribution in [0.1, 0.15) is 37.0 Å². The molecule has 1 aliphatic rings. The maximum atomic E-state index is 12.3. The zero-order valence-corrected chi connectivity index (χ0v) is 14.9. The van der Waals surface area contributed by atoms with Crippen LogP contribution in [0.25, 0.3) is 0 Å². The monoisotopic (exact) mass is 374 g/mol. The lowest BCUT2D eigenvalue weighted by molar-refractivity contribution is -0.124. The Bertz CT molecular complexity index is 744. The largest absolute Gasteiger partial charge is 0.452 e. The molecule has 1 aliphatic carbocycles. The summed E-state index contributed by atoms with van der Waals surface area (Å²) in [7, 11) is -3.80. The van der Waals surface area contributed by atoms with Gasteiger partial charge in [0.2, 0.25) is 10.0 Å². The van der Waals surface area contributed by atoms with E-state index in [0.717, 1.165) is 18.9 Å². The molecule has 2 N–H and O–H groups in total. The number of amides is 1. The van der Waals surface area contributed by atoms with Gasteiger partial charge in [0.15, 0.2) is 6.61 Å². The molecule has 1 aromatic rings. The predicted molar refractivity (Wildman–Crippen MR) is 88.4 cm³/mol. The van der Waals surface area contributed by atoms with E-state index in [2.05, 4.69) is 10.0 Å². The topological polar surface area (TPSA) is 102 Å². The van der Waals surface area contributed by atoms with E-state index in [-0.39, 0.29) is 27.6 Å². The lowest BCUT2D eigenvalue weighted by Gasteiger charge is -2.11. The molecule has 1 fully saturated rings. The van der Waals surface area contributed by atoms with E-state index < -0.39 is 28.5 Å². The van der Waals surface area contributed by atoms with Crippen molar-refractivity contribution in [2.45, 2.75) is 43.7 Å². The number of sulfonamides is 1. The van der Waals surface area contributed by atoms with Gasteiger partial charge < -0.3 is 10.1 Å². The van der Waals surface area contributed by atoms with Gasteiger partial charge in [-0.1, -0.05) is 11.6 Å². The number of benzene rings is 1. The van der Waals surface area contributed by atoms with Crippen LogP contribution in [0.4, 0.5) is 0 Å². The smallest absolute Gasteiger partial charge is 0.338 e. The summed E-state index contributed by atoms with van der Waals surface area (Å²) >= 11 is 5.94. The van der Waals surface area contributed by atoms with Gasteiger partial charge >= 0.3 is 5.97 Å². The highest BCUT2D eigenvalue weighted by molar-refractivity contribution is 7.89. The highest BCUT2D eigenvalue weighted by Crippen LogP contribution is 2.27. The zero-order chi connectivity index (χ0) is 17.9. The van der Waals surface area contributed by atoms with Crippen molar-refractivity contribution in [3.8, 4) is 0 Å². The summed E-state index contributed by atoms with van der Waals surface area (Å²) in [6.07, 6.45) is 1.56. The van der Waals surface area contributed by atoms with E-state index in [0.29, 0.717) is 0 Å². The Morgan fingerprint density at radius 1 is 1.33 bits per heavy atom. The van der Waals surface area contributed by atoms with Crippen molar-refractivity contribution in [3.63, 3.8) is 0 Å². The van der Waals surface area contributed by atoms with E-state index in [1.807, 2.05) is 0 Å². The fraction of sp³-hybridized carbons (Fsp3) is 0.467. The van der Waals surface area contributed by atoms with Gasteiger partial charge in [0.25, 0.3) is 5.91 Å². The second-order valence-electron chi connectivity index (χ2n) is 5.84. The van der Waals surface area contributed by atoms with Gasteiger partial charge in [-0.3, -0.25) is 4.79 Å². The van der Waals surface area contributed by atoms with Crippen LogP contribution in [-0.4, -0.2) is 39.0 Å². The number of carbonyl (C=O) groups excluding carboxylic acids is 2. The summed E-state index contributed by atoms with van der Waals surface area (Å²) in [4.78, 5) is 23.3. The van der Waals surface area contributed by atoms with Crippen LogP contribution in [-0.2, 0) is 19.6 Å². The van der Waals surface area contributed by atoms with E-state index in [4.69, 9.17) is 16.3 Å². The molecule has 0 radical (unpaired) electrons. The van der Waals surface area contributed by atoms with Crippen molar-refractivity contribution in [2.75, 3.05) is 6.61 Å². The van der Waals surface area contributed by atoms with Crippen LogP contribution < -0.4 is 10.0 Å². The number of nitrogens with one attached hydrogen (secondary N) is 2. The average Bonchev–Trinajstić information content (AvgIpc) is 3.27. The van der Waals surface area contributed by atoms with Gasteiger partial charge in [-0.15, -0.1) is 0 Å². The molecular weight excluding hydrogens is 356 g/mol. The number of rotatable bonds is 7. The van der Waals surface area contributed by atoms with Crippen LogP contribution >= 0.6 is 11.6 Å². The molecule has 132 valence electrons. The van der Waals surface area contributed by atoms with Crippen LogP contribution in [0.3, 0.4) is 0 Å². The minimum absolute atomic E-state index is 0.00733. The number of carbonyl (C=O) groups is 2. The Morgan fingerprint density at radius 3 is 2.58 bits per heavy atom. The van der Waals surface area contributed by atoms with Gasteiger partial charge in [-0.2, -0.15) is 0 Å². The highest BCUT2D eigenvalue weighted by atomic mass is 35.5. The number of hydrogen-bond acceptors (Lipinski definition) is 5. The lowest BCUT2D eigenvalue weighted by Crippen LogP contribution is -2.34. The third-order valence-electron chi connectivity index (χ3n) is 3.14. The van der Waals surface area contributed by atoms with Crippen LogP contribution in [0.5, 0.6) is 0 Å². The van der Waals surface area contributed by atoms with Crippen molar-refractivity contribution < 1.29 is 22.7 Å². The Hall–Kier alpha value is -1.64. The van der Waals surface area contributed by atoms with Crippen molar-refractivity contribution in [1.29, 1.82) is 0 Å². The first-order valence-electron chi connectivity index (χ1n) is 7.47. The molecule has 1 amide bonds. The van der Waals surface area contributed by atoms with E-state index >= 15 is 0 Å². The Balaban J connectivity index is 2.09. The van der Waals surface area contributed by atoms with Crippen LogP contribution in [0.15, 0.2) is 23.1 Å². The number of halogens is 1. The fourth-order valence-corrected chi connectivity index (χ4v) is 3.73. The third-order valence-corrected chi connectivity index (χ3v) is 5.14. The molecule has 0 saturated heterocycles. The molecule has 9 heteroatoms. The molecular formula is C15H19ClN2O5S. The van der Waals surface area contributed by atoms with Gasteiger partial charge in [0.05, 0.1) is 10.6 Å². The van der Waals surface area contributed by atoms with Gasteiger partial charge in [-0.05, 0) is 44.9 Å². The van der Waals surface area contributed by atoms with E-state index in [1.54, 1.807) is 13.8 Å². The minimum Gasteiger partial charge on any atom is -0.452 e. The molecule has 2 rings (SSSR count). The van der Waals surface area contributed by atoms with Gasteiger partial charge in [-0.25, -0.2) is 17.9 Å². The summed E-state index contributed by atoms with van der Waals surface area (Å²) < 4.78 is 31.9. The average molecular weight is 375 g/mol. The van der Waals surface area contributed by atoms with Crippen molar-refractivity contribution in [2.24, 2.45) is 0 Å². The van der Waals surface area contributed by atoms with Gasteiger partial charge in [0.1, 0.15) is 4.90 Å². The minimum atomic E-state index is -3.80. The molecule has 0 unspecified atom stereocenters. The summed E-state index contributed by atoms with van der Waals surface area (Å²) in [6.45, 7) is 3.12. The second-order valence-corrected chi connectivity index (χ2v) is 7.93. The zero-order valence-electron chi connectivity index (χ0n) is 13.3. The molecule has 1 saturated carbocycles. The fourth-order valence-electron chi connectivity index (χ4n) is 1.90. The first-order valence-corrected chi connectivity index (χ1v) is 9.33. The SMILES string of the molecule is CC(C)NC(=O)COC(=O)c1ccc(Cl)c(S(=O)(=O)NC2CC2)c1. The van der Waals surface area contributed by atoms with Crippen LogP contribution in [0, 0.1) is 0 Å². The standard InChI is InChI=1S/C15H19ClN2O5S/c1-9(2)17-14(19)8-23-15(20)10-3-6-12(16)13(7-10)24(21,22)18-11-4-5-11/h3,6-7,9,11,18H,4-5,8H2,1-2H3,(H,17,19). The van der Waals surface area contributed by atoms with Crippen molar-refractivity contribution in [1.82, 2.24) is 10.0 Å². The van der Waals surface area contributed by atoms with E-state index in [9.17, 15) is 18.0 Å². The number of hydrogen-bond donors (Lipinski definition) is 2. The van der Waals surface area contributed by atoms with Crippen LogP contribution in [0.2, 0.25) is 5.02 Å². The van der Waals surface area contributed by atoms with Crippen molar-refractivity contribution >= 4 is 33.5 Å². The van der Waals surface area contributed by atoms with Crippen molar-refractivity contribution in [3.05, 3.63) is 28.8 Å². The highest BCUT2D eigenvalue weighted by Gasteiger charge is 2.29. The quantitative estimate of drug-likeness (QED) is 0.703. The molecule has 1 aromatic carbocycles. The summed E-state index contributed by atoms with van der Waals surface area (Å²) in [5, 5.41) is 2.59. The summed E-state index contributed by atoms with van der Waals surface area (Å²) in [5.74, 6) is -1.23.